The van der Waals surface area contributed by atoms with Crippen LogP contribution in [-0.2, 0) is 6.54 Å². The number of aromatic nitrogens is 1. The van der Waals surface area contributed by atoms with Crippen LogP contribution in [0.15, 0.2) is 67.0 Å². The molecular formula is C25H26N2O5. The van der Waals surface area contributed by atoms with Gasteiger partial charge in [0, 0.05) is 42.8 Å². The molecule has 0 spiro atoms. The number of hydrogen-bond donors (Lipinski definition) is 2. The molecule has 4 rings (SSSR count). The largest absolute Gasteiger partial charge is 0.493 e. The molecule has 7 heteroatoms. The van der Waals surface area contributed by atoms with Crippen molar-refractivity contribution in [3.63, 3.8) is 0 Å². The smallest absolute Gasteiger partial charge is 0.335 e. The topological polar surface area (TPSA) is 92.1 Å². The van der Waals surface area contributed by atoms with Crippen molar-refractivity contribution in [3.8, 4) is 11.5 Å². The first-order chi connectivity index (χ1) is 15.5. The maximum Gasteiger partial charge on any atom is 0.335 e. The molecule has 1 aliphatic carbocycles. The lowest BCUT2D eigenvalue weighted by atomic mass is 10.1. The number of aliphatic hydroxyl groups is 1. The number of carboxylic acid groups (broad SMARTS) is 1. The van der Waals surface area contributed by atoms with Gasteiger partial charge in [-0.3, -0.25) is 4.98 Å². The van der Waals surface area contributed by atoms with E-state index in [1.807, 2.05) is 41.3 Å². The number of anilines is 2. The average Bonchev–Trinajstić information content (AvgIpc) is 3.22. The molecule has 0 bridgehead atoms. The molecule has 1 aromatic heterocycles. The zero-order chi connectivity index (χ0) is 22.5. The summed E-state index contributed by atoms with van der Waals surface area (Å²) in [6.45, 7) is 0.491. The van der Waals surface area contributed by atoms with Crippen molar-refractivity contribution in [1.29, 1.82) is 0 Å². The van der Waals surface area contributed by atoms with E-state index in [2.05, 4.69) is 4.98 Å². The number of pyridine rings is 1. The highest BCUT2D eigenvalue weighted by atomic mass is 16.5. The molecule has 1 saturated carbocycles. The fourth-order valence-electron chi connectivity index (χ4n) is 3.94. The van der Waals surface area contributed by atoms with Crippen molar-refractivity contribution in [2.45, 2.75) is 38.0 Å². The first-order valence-corrected chi connectivity index (χ1v) is 10.6. The molecule has 0 saturated heterocycles. The number of aliphatic hydroxyl groups excluding tert-OH is 1. The minimum Gasteiger partial charge on any atom is -0.493 e. The lowest BCUT2D eigenvalue weighted by Gasteiger charge is -2.27. The Morgan fingerprint density at radius 3 is 2.62 bits per heavy atom. The number of aromatic carboxylic acids is 1. The maximum absolute atomic E-state index is 11.5. The van der Waals surface area contributed by atoms with Gasteiger partial charge in [0.1, 0.15) is 6.10 Å². The van der Waals surface area contributed by atoms with Gasteiger partial charge in [-0.15, -0.1) is 0 Å². The first-order valence-electron chi connectivity index (χ1n) is 10.6. The molecule has 0 aliphatic heterocycles. The van der Waals surface area contributed by atoms with Crippen LogP contribution in [0.1, 0.15) is 35.2 Å². The van der Waals surface area contributed by atoms with Crippen LogP contribution in [0.25, 0.3) is 0 Å². The summed E-state index contributed by atoms with van der Waals surface area (Å²) in [6, 6.07) is 16.3. The van der Waals surface area contributed by atoms with Crippen LogP contribution in [0.2, 0.25) is 0 Å². The Balaban J connectivity index is 1.72. The molecule has 2 atom stereocenters. The number of benzene rings is 2. The molecule has 3 aromatic rings. The minimum absolute atomic E-state index is 0.0729. The summed E-state index contributed by atoms with van der Waals surface area (Å²) in [5.41, 5.74) is 2.75. The second kappa shape index (κ2) is 9.70. The van der Waals surface area contributed by atoms with E-state index >= 15 is 0 Å². The summed E-state index contributed by atoms with van der Waals surface area (Å²) in [6.07, 6.45) is 5.19. The predicted molar refractivity (Wildman–Crippen MR) is 121 cm³/mol. The molecule has 2 aromatic carbocycles. The van der Waals surface area contributed by atoms with Crippen LogP contribution in [0.3, 0.4) is 0 Å². The number of carbonyl (C=O) groups is 1. The molecule has 0 radical (unpaired) electrons. The highest BCUT2D eigenvalue weighted by molar-refractivity contribution is 5.89. The van der Waals surface area contributed by atoms with Gasteiger partial charge in [0.15, 0.2) is 11.5 Å². The Labute approximate surface area is 186 Å². The van der Waals surface area contributed by atoms with E-state index in [-0.39, 0.29) is 17.8 Å². The third-order valence-electron chi connectivity index (χ3n) is 5.58. The molecule has 1 heterocycles. The second-order valence-corrected chi connectivity index (χ2v) is 7.84. The molecule has 1 fully saturated rings. The summed E-state index contributed by atoms with van der Waals surface area (Å²) in [4.78, 5) is 17.8. The molecule has 1 aliphatic rings. The normalized spacial score (nSPS) is 17.7. The summed E-state index contributed by atoms with van der Waals surface area (Å²) < 4.78 is 11.7. The summed E-state index contributed by atoms with van der Waals surface area (Å²) >= 11 is 0. The van der Waals surface area contributed by atoms with Crippen LogP contribution in [-0.4, -0.2) is 40.5 Å². The van der Waals surface area contributed by atoms with E-state index in [0.717, 1.165) is 29.8 Å². The molecular weight excluding hydrogens is 408 g/mol. The molecule has 32 heavy (non-hydrogen) atoms. The van der Waals surface area contributed by atoms with E-state index in [1.54, 1.807) is 37.7 Å². The Kier molecular flexibility index (Phi) is 6.56. The van der Waals surface area contributed by atoms with Crippen molar-refractivity contribution in [1.82, 2.24) is 4.98 Å². The fraction of sp³-hybridized carbons (Fsp3) is 0.280. The van der Waals surface area contributed by atoms with Crippen LogP contribution in [0.5, 0.6) is 11.5 Å². The highest BCUT2D eigenvalue weighted by Gasteiger charge is 2.26. The van der Waals surface area contributed by atoms with Crippen molar-refractivity contribution >= 4 is 17.3 Å². The maximum atomic E-state index is 11.5. The Bertz CT molecular complexity index is 1070. The van der Waals surface area contributed by atoms with E-state index < -0.39 is 5.97 Å². The minimum atomic E-state index is -0.980. The van der Waals surface area contributed by atoms with E-state index in [1.165, 1.54) is 0 Å². The van der Waals surface area contributed by atoms with Crippen LogP contribution in [0.4, 0.5) is 11.4 Å². The zero-order valence-corrected chi connectivity index (χ0v) is 17.8. The van der Waals surface area contributed by atoms with Gasteiger partial charge in [-0.1, -0.05) is 12.1 Å². The number of rotatable bonds is 8. The first kappa shape index (κ1) is 21.6. The number of carboxylic acids is 1. The van der Waals surface area contributed by atoms with Gasteiger partial charge in [-0.2, -0.15) is 0 Å². The van der Waals surface area contributed by atoms with Gasteiger partial charge in [-0.05, 0) is 54.8 Å². The molecule has 7 nitrogen and oxygen atoms in total. The number of methoxy groups -OCH3 is 1. The number of ether oxygens (including phenoxy) is 2. The lowest BCUT2D eigenvalue weighted by Crippen LogP contribution is -2.18. The van der Waals surface area contributed by atoms with Gasteiger partial charge in [0.05, 0.1) is 18.8 Å². The van der Waals surface area contributed by atoms with Gasteiger partial charge in [-0.25, -0.2) is 4.79 Å². The van der Waals surface area contributed by atoms with Crippen LogP contribution < -0.4 is 14.4 Å². The van der Waals surface area contributed by atoms with Crippen molar-refractivity contribution in [2.24, 2.45) is 0 Å². The number of hydrogen-bond acceptors (Lipinski definition) is 6. The van der Waals surface area contributed by atoms with Gasteiger partial charge in [0.25, 0.3) is 0 Å². The Morgan fingerprint density at radius 2 is 1.94 bits per heavy atom. The van der Waals surface area contributed by atoms with Crippen LogP contribution in [0, 0.1) is 0 Å². The van der Waals surface area contributed by atoms with Crippen LogP contribution >= 0.6 is 0 Å². The monoisotopic (exact) mass is 434 g/mol. The zero-order valence-electron chi connectivity index (χ0n) is 17.8. The van der Waals surface area contributed by atoms with E-state index in [0.29, 0.717) is 24.5 Å². The second-order valence-electron chi connectivity index (χ2n) is 7.84. The van der Waals surface area contributed by atoms with Crippen molar-refractivity contribution in [3.05, 3.63) is 78.1 Å². The molecule has 166 valence electrons. The summed E-state index contributed by atoms with van der Waals surface area (Å²) in [5, 5.41) is 19.3. The summed E-state index contributed by atoms with van der Waals surface area (Å²) in [5.74, 6) is 0.220. The predicted octanol–water partition coefficient (Wildman–Crippen LogP) is 4.42. The third-order valence-corrected chi connectivity index (χ3v) is 5.58. The third kappa shape index (κ3) is 5.00. The highest BCUT2D eigenvalue weighted by Crippen LogP contribution is 2.38. The lowest BCUT2D eigenvalue weighted by molar-refractivity contribution is 0.0697. The molecule has 2 unspecified atom stereocenters. The van der Waals surface area contributed by atoms with Crippen molar-refractivity contribution in [2.75, 3.05) is 12.0 Å². The van der Waals surface area contributed by atoms with Gasteiger partial charge < -0.3 is 24.6 Å². The fourth-order valence-corrected chi connectivity index (χ4v) is 3.94. The summed E-state index contributed by atoms with van der Waals surface area (Å²) in [7, 11) is 1.59. The van der Waals surface area contributed by atoms with E-state index in [9.17, 15) is 15.0 Å². The Hall–Kier alpha value is -3.58. The van der Waals surface area contributed by atoms with E-state index in [4.69, 9.17) is 9.47 Å². The van der Waals surface area contributed by atoms with Gasteiger partial charge in [0.2, 0.25) is 0 Å². The van der Waals surface area contributed by atoms with Crippen molar-refractivity contribution < 1.29 is 24.5 Å². The number of nitrogens with zero attached hydrogens (tertiary/aromatic N) is 2. The SMILES string of the molecule is COc1ccc(N(Cc2cccnc2)c2cccc(C(=O)O)c2)cc1OC1CCC(O)C1. The van der Waals surface area contributed by atoms with Gasteiger partial charge >= 0.3 is 5.97 Å². The Morgan fingerprint density at radius 1 is 1.09 bits per heavy atom. The molecule has 2 N–H and O–H groups in total. The molecule has 0 amide bonds. The standard InChI is InChI=1S/C25H26N2O5/c1-31-23-10-7-20(13-24(23)32-22-9-8-21(28)14-22)27(16-17-4-3-11-26-15-17)19-6-2-5-18(12-19)25(29)30/h2-7,10-13,15,21-22,28H,8-9,14,16H2,1H3,(H,29,30). The quantitative estimate of drug-likeness (QED) is 0.542. The average molecular weight is 434 g/mol.